The van der Waals surface area contributed by atoms with E-state index in [0.717, 1.165) is 12.8 Å². The molecule has 2 aliphatic rings. The van der Waals surface area contributed by atoms with Crippen LogP contribution in [-0.2, 0) is 19.1 Å². The van der Waals surface area contributed by atoms with E-state index in [2.05, 4.69) is 0 Å². The monoisotopic (exact) mass is 282 g/mol. The van der Waals surface area contributed by atoms with E-state index in [9.17, 15) is 9.59 Å². The summed E-state index contributed by atoms with van der Waals surface area (Å²) in [7, 11) is 0. The molecular weight excluding hydrogens is 256 g/mol. The fourth-order valence-electron chi connectivity index (χ4n) is 2.58. The van der Waals surface area contributed by atoms with Crippen LogP contribution in [0.2, 0.25) is 0 Å². The van der Waals surface area contributed by atoms with E-state index in [0.29, 0.717) is 25.4 Å². The third-order valence-corrected chi connectivity index (χ3v) is 3.79. The number of hydrogen-bond donors (Lipinski definition) is 0. The quantitative estimate of drug-likeness (QED) is 0.728. The van der Waals surface area contributed by atoms with Crippen LogP contribution in [0.1, 0.15) is 59.3 Å². The van der Waals surface area contributed by atoms with Crippen molar-refractivity contribution in [3.8, 4) is 0 Å². The predicted molar refractivity (Wildman–Crippen MR) is 75.3 cm³/mol. The summed E-state index contributed by atoms with van der Waals surface area (Å²) in [6.07, 6.45) is 4.85. The highest BCUT2D eigenvalue weighted by molar-refractivity contribution is 5.83. The maximum atomic E-state index is 11.9. The minimum Gasteiger partial charge on any atom is -0.460 e. The van der Waals surface area contributed by atoms with Crippen LogP contribution < -0.4 is 0 Å². The summed E-state index contributed by atoms with van der Waals surface area (Å²) in [5, 5.41) is 0. The van der Waals surface area contributed by atoms with Gasteiger partial charge in [-0.2, -0.15) is 0 Å². The van der Waals surface area contributed by atoms with Gasteiger partial charge in [0.05, 0.1) is 13.0 Å². The molecule has 1 heterocycles. The molecule has 4 heteroatoms. The standard InChI is InChI=1S/C16H26O4/c1-16(2,3)20-15(18)9-12-6-7-14(19-10-12)13(17)8-11-4-5-11/h11-12,14H,4-10H2,1-3H3/t12-,14-/m0/s1. The summed E-state index contributed by atoms with van der Waals surface area (Å²) in [5.74, 6) is 0.887. The van der Waals surface area contributed by atoms with Gasteiger partial charge >= 0.3 is 5.97 Å². The molecule has 2 fully saturated rings. The Kier molecular flexibility index (Phi) is 4.84. The number of carbonyl (C=O) groups is 2. The molecule has 0 aromatic carbocycles. The van der Waals surface area contributed by atoms with Gasteiger partial charge in [-0.3, -0.25) is 9.59 Å². The normalized spacial score (nSPS) is 27.1. The number of carbonyl (C=O) groups excluding carboxylic acids is 2. The number of ether oxygens (including phenoxy) is 2. The number of esters is 1. The van der Waals surface area contributed by atoms with E-state index >= 15 is 0 Å². The van der Waals surface area contributed by atoms with Crippen molar-refractivity contribution in [2.75, 3.05) is 6.61 Å². The first-order chi connectivity index (χ1) is 9.33. The van der Waals surface area contributed by atoms with Gasteiger partial charge in [-0.25, -0.2) is 0 Å². The SMILES string of the molecule is CC(C)(C)OC(=O)C[C@@H]1CC[C@@H](C(=O)CC2CC2)OC1. The van der Waals surface area contributed by atoms with Crippen molar-refractivity contribution in [2.24, 2.45) is 11.8 Å². The minimum atomic E-state index is -0.435. The second-order valence-electron chi connectivity index (χ2n) is 7.17. The molecule has 20 heavy (non-hydrogen) atoms. The van der Waals surface area contributed by atoms with Gasteiger partial charge in [0, 0.05) is 6.42 Å². The molecule has 0 unspecified atom stereocenters. The Hall–Kier alpha value is -0.900. The van der Waals surface area contributed by atoms with Gasteiger partial charge in [-0.05, 0) is 58.3 Å². The smallest absolute Gasteiger partial charge is 0.306 e. The van der Waals surface area contributed by atoms with E-state index in [1.165, 1.54) is 12.8 Å². The van der Waals surface area contributed by atoms with E-state index in [-0.39, 0.29) is 23.8 Å². The summed E-state index contributed by atoms with van der Waals surface area (Å²) < 4.78 is 11.0. The van der Waals surface area contributed by atoms with Gasteiger partial charge in [0.2, 0.25) is 0 Å². The maximum absolute atomic E-state index is 11.9. The molecule has 1 saturated heterocycles. The van der Waals surface area contributed by atoms with Crippen LogP contribution in [0.4, 0.5) is 0 Å². The average molecular weight is 282 g/mol. The first-order valence-electron chi connectivity index (χ1n) is 7.69. The van der Waals surface area contributed by atoms with Crippen LogP contribution >= 0.6 is 0 Å². The van der Waals surface area contributed by atoms with Crippen LogP contribution in [0.5, 0.6) is 0 Å². The Morgan fingerprint density at radius 2 is 1.70 bits per heavy atom. The molecule has 0 aromatic heterocycles. The molecule has 4 nitrogen and oxygen atoms in total. The molecule has 0 spiro atoms. The number of Topliss-reactive ketones (excluding diaryl/α,β-unsaturated/α-hetero) is 1. The highest BCUT2D eigenvalue weighted by Crippen LogP contribution is 2.34. The summed E-state index contributed by atoms with van der Waals surface area (Å²) in [6.45, 7) is 6.11. The predicted octanol–water partition coefficient (Wildman–Crippen LogP) is 2.88. The van der Waals surface area contributed by atoms with Crippen molar-refractivity contribution < 1.29 is 19.1 Å². The third kappa shape index (κ3) is 5.23. The summed E-state index contributed by atoms with van der Waals surface area (Å²) in [5.41, 5.74) is -0.435. The molecule has 0 aromatic rings. The van der Waals surface area contributed by atoms with Gasteiger partial charge < -0.3 is 9.47 Å². The van der Waals surface area contributed by atoms with Crippen molar-refractivity contribution in [3.05, 3.63) is 0 Å². The van der Waals surface area contributed by atoms with Crippen molar-refractivity contribution in [1.82, 2.24) is 0 Å². The van der Waals surface area contributed by atoms with Crippen molar-refractivity contribution in [1.29, 1.82) is 0 Å². The van der Waals surface area contributed by atoms with Gasteiger partial charge in [-0.1, -0.05) is 0 Å². The Morgan fingerprint density at radius 3 is 2.20 bits per heavy atom. The first-order valence-corrected chi connectivity index (χ1v) is 7.69. The first kappa shape index (κ1) is 15.5. The van der Waals surface area contributed by atoms with Crippen LogP contribution in [0.25, 0.3) is 0 Å². The molecule has 0 bridgehead atoms. The zero-order chi connectivity index (χ0) is 14.8. The van der Waals surface area contributed by atoms with E-state index in [1.54, 1.807) is 0 Å². The summed E-state index contributed by atoms with van der Waals surface area (Å²) in [4.78, 5) is 23.7. The lowest BCUT2D eigenvalue weighted by Gasteiger charge is -2.28. The highest BCUT2D eigenvalue weighted by atomic mass is 16.6. The van der Waals surface area contributed by atoms with Crippen LogP contribution in [0.15, 0.2) is 0 Å². The molecular formula is C16H26O4. The van der Waals surface area contributed by atoms with E-state index in [1.807, 2.05) is 20.8 Å². The molecule has 0 N–H and O–H groups in total. The lowest BCUT2D eigenvalue weighted by Crippen LogP contribution is -2.34. The van der Waals surface area contributed by atoms with Gasteiger partial charge in [0.1, 0.15) is 11.7 Å². The minimum absolute atomic E-state index is 0.172. The molecule has 114 valence electrons. The maximum Gasteiger partial charge on any atom is 0.306 e. The zero-order valence-electron chi connectivity index (χ0n) is 12.8. The Morgan fingerprint density at radius 1 is 1.05 bits per heavy atom. The highest BCUT2D eigenvalue weighted by Gasteiger charge is 2.32. The fraction of sp³-hybridized carbons (Fsp3) is 0.875. The fourth-order valence-corrected chi connectivity index (χ4v) is 2.58. The van der Waals surface area contributed by atoms with Crippen molar-refractivity contribution in [3.63, 3.8) is 0 Å². The van der Waals surface area contributed by atoms with E-state index < -0.39 is 5.60 Å². The number of hydrogen-bond acceptors (Lipinski definition) is 4. The lowest BCUT2D eigenvalue weighted by molar-refractivity contribution is -0.158. The Labute approximate surface area is 121 Å². The van der Waals surface area contributed by atoms with Gasteiger partial charge in [0.25, 0.3) is 0 Å². The molecule has 0 amide bonds. The summed E-state index contributed by atoms with van der Waals surface area (Å²) >= 11 is 0. The average Bonchev–Trinajstić information content (AvgIpc) is 3.11. The molecule has 1 aliphatic heterocycles. The molecule has 1 aliphatic carbocycles. The number of ketones is 1. The van der Waals surface area contributed by atoms with Crippen molar-refractivity contribution >= 4 is 11.8 Å². The van der Waals surface area contributed by atoms with Crippen LogP contribution in [0.3, 0.4) is 0 Å². The summed E-state index contributed by atoms with van der Waals surface area (Å²) in [6, 6.07) is 0. The largest absolute Gasteiger partial charge is 0.460 e. The van der Waals surface area contributed by atoms with E-state index in [4.69, 9.17) is 9.47 Å². The topological polar surface area (TPSA) is 52.6 Å². The zero-order valence-corrected chi connectivity index (χ0v) is 12.8. The second kappa shape index (κ2) is 6.25. The molecule has 1 saturated carbocycles. The van der Waals surface area contributed by atoms with Gasteiger partial charge in [-0.15, -0.1) is 0 Å². The Balaban J connectivity index is 1.68. The molecule has 2 atom stereocenters. The van der Waals surface area contributed by atoms with Crippen LogP contribution in [0, 0.1) is 11.8 Å². The lowest BCUT2D eigenvalue weighted by atomic mass is 9.93. The van der Waals surface area contributed by atoms with Crippen molar-refractivity contribution in [2.45, 2.75) is 71.0 Å². The second-order valence-corrected chi connectivity index (χ2v) is 7.17. The molecule has 2 rings (SSSR count). The Bertz CT molecular complexity index is 357. The third-order valence-electron chi connectivity index (χ3n) is 3.79. The number of rotatable bonds is 5. The molecule has 0 radical (unpaired) electrons. The van der Waals surface area contributed by atoms with Gasteiger partial charge in [0.15, 0.2) is 5.78 Å². The van der Waals surface area contributed by atoms with Crippen LogP contribution in [-0.4, -0.2) is 30.1 Å².